The number of nitro benzene ring substituents is 1. The van der Waals surface area contributed by atoms with E-state index in [0.29, 0.717) is 24.6 Å². The molecule has 0 aliphatic rings. The van der Waals surface area contributed by atoms with Crippen molar-refractivity contribution in [1.29, 1.82) is 0 Å². The summed E-state index contributed by atoms with van der Waals surface area (Å²) in [5.74, 6) is 0.939. The maximum atomic E-state index is 11.4. The predicted molar refractivity (Wildman–Crippen MR) is 85.1 cm³/mol. The minimum Gasteiger partial charge on any atom is -0.490 e. The van der Waals surface area contributed by atoms with Crippen molar-refractivity contribution in [3.63, 3.8) is 0 Å². The Balaban J connectivity index is 0.00000400. The number of carbonyl (C=O) groups is 1. The van der Waals surface area contributed by atoms with Gasteiger partial charge in [0.1, 0.15) is 0 Å². The summed E-state index contributed by atoms with van der Waals surface area (Å²) in [7, 11) is 1.39. The average Bonchev–Trinajstić information content (AvgIpc) is 2.44. The second-order valence-electron chi connectivity index (χ2n) is 3.89. The molecule has 0 aliphatic heterocycles. The number of hydrogen-bond acceptors (Lipinski definition) is 6. The minimum absolute atomic E-state index is 0. The lowest BCUT2D eigenvalue weighted by Crippen LogP contribution is -2.30. The van der Waals surface area contributed by atoms with Crippen LogP contribution in [0.4, 0.5) is 5.69 Å². The molecule has 9 heteroatoms. The SMILES string of the molecule is COc1ccc(CSCC(=O)NCCN)cc1[N+](=O)[O-].Cl. The lowest BCUT2D eigenvalue weighted by molar-refractivity contribution is -0.385. The number of methoxy groups -OCH3 is 1. The molecular weight excluding hydrogens is 318 g/mol. The van der Waals surface area contributed by atoms with Crippen LogP contribution in [0, 0.1) is 10.1 Å². The molecule has 0 saturated heterocycles. The van der Waals surface area contributed by atoms with Crippen LogP contribution in [0.5, 0.6) is 5.75 Å². The molecule has 7 nitrogen and oxygen atoms in total. The van der Waals surface area contributed by atoms with E-state index in [4.69, 9.17) is 10.5 Å². The number of thioether (sulfide) groups is 1. The smallest absolute Gasteiger partial charge is 0.311 e. The Morgan fingerprint density at radius 2 is 2.24 bits per heavy atom. The van der Waals surface area contributed by atoms with Crippen LogP contribution in [0.3, 0.4) is 0 Å². The fraction of sp³-hybridized carbons (Fsp3) is 0.417. The number of nitrogens with one attached hydrogen (secondary N) is 1. The Morgan fingerprint density at radius 1 is 1.52 bits per heavy atom. The van der Waals surface area contributed by atoms with Gasteiger partial charge in [-0.15, -0.1) is 24.2 Å². The second-order valence-corrected chi connectivity index (χ2v) is 4.88. The van der Waals surface area contributed by atoms with Gasteiger partial charge in [-0.2, -0.15) is 0 Å². The van der Waals surface area contributed by atoms with E-state index in [1.807, 2.05) is 0 Å². The maximum absolute atomic E-state index is 11.4. The summed E-state index contributed by atoms with van der Waals surface area (Å²) in [4.78, 5) is 21.7. The Hall–Kier alpha value is -1.51. The molecule has 118 valence electrons. The van der Waals surface area contributed by atoms with Crippen LogP contribution in [0.1, 0.15) is 5.56 Å². The number of nitrogens with two attached hydrogens (primary N) is 1. The first-order chi connectivity index (χ1) is 9.58. The standard InChI is InChI=1S/C12H17N3O4S.ClH/c1-19-11-3-2-9(6-10(11)15(17)18)7-20-8-12(16)14-5-4-13;/h2-3,6H,4-5,7-8,13H2,1H3,(H,14,16);1H. The number of halogens is 1. The highest BCUT2D eigenvalue weighted by Gasteiger charge is 2.15. The third-order valence-electron chi connectivity index (χ3n) is 2.41. The van der Waals surface area contributed by atoms with Gasteiger partial charge in [-0.25, -0.2) is 0 Å². The summed E-state index contributed by atoms with van der Waals surface area (Å²) < 4.78 is 4.92. The summed E-state index contributed by atoms with van der Waals surface area (Å²) >= 11 is 1.38. The molecule has 0 aliphatic carbocycles. The van der Waals surface area contributed by atoms with Crippen LogP contribution in [0.15, 0.2) is 18.2 Å². The van der Waals surface area contributed by atoms with Crippen molar-refractivity contribution >= 4 is 35.8 Å². The van der Waals surface area contributed by atoms with Crippen molar-refractivity contribution in [3.05, 3.63) is 33.9 Å². The van der Waals surface area contributed by atoms with Gasteiger partial charge in [-0.3, -0.25) is 14.9 Å². The summed E-state index contributed by atoms with van der Waals surface area (Å²) in [5, 5.41) is 13.5. The minimum atomic E-state index is -0.485. The zero-order valence-corrected chi connectivity index (χ0v) is 13.2. The number of carbonyl (C=O) groups excluding carboxylic acids is 1. The molecule has 1 aromatic carbocycles. The molecule has 1 amide bonds. The van der Waals surface area contributed by atoms with Crippen molar-refractivity contribution in [2.24, 2.45) is 5.73 Å². The van der Waals surface area contributed by atoms with Crippen molar-refractivity contribution < 1.29 is 14.5 Å². The fourth-order valence-corrected chi connectivity index (χ4v) is 2.30. The van der Waals surface area contributed by atoms with Crippen LogP contribution < -0.4 is 15.8 Å². The fourth-order valence-electron chi connectivity index (χ4n) is 1.49. The lowest BCUT2D eigenvalue weighted by atomic mass is 10.2. The van der Waals surface area contributed by atoms with E-state index in [9.17, 15) is 14.9 Å². The molecular formula is C12H18ClN3O4S. The topological polar surface area (TPSA) is 107 Å². The summed E-state index contributed by atoms with van der Waals surface area (Å²) in [6, 6.07) is 4.77. The average molecular weight is 336 g/mol. The van der Waals surface area contributed by atoms with E-state index in [-0.39, 0.29) is 29.8 Å². The van der Waals surface area contributed by atoms with Gasteiger partial charge in [0.2, 0.25) is 5.91 Å². The van der Waals surface area contributed by atoms with Gasteiger partial charge < -0.3 is 15.8 Å². The third-order valence-corrected chi connectivity index (χ3v) is 3.41. The second kappa shape index (κ2) is 10.3. The van der Waals surface area contributed by atoms with E-state index in [1.165, 1.54) is 24.9 Å². The first-order valence-electron chi connectivity index (χ1n) is 5.94. The van der Waals surface area contributed by atoms with Gasteiger partial charge in [-0.05, 0) is 11.6 Å². The van der Waals surface area contributed by atoms with Crippen LogP contribution in [-0.2, 0) is 10.5 Å². The van der Waals surface area contributed by atoms with Crippen LogP contribution >= 0.6 is 24.2 Å². The van der Waals surface area contributed by atoms with Gasteiger partial charge in [-0.1, -0.05) is 6.07 Å². The number of benzene rings is 1. The number of rotatable bonds is 8. The highest BCUT2D eigenvalue weighted by molar-refractivity contribution is 7.99. The van der Waals surface area contributed by atoms with Gasteiger partial charge in [0.05, 0.1) is 17.8 Å². The molecule has 1 aromatic rings. The van der Waals surface area contributed by atoms with Crippen LogP contribution in [-0.4, -0.2) is 36.8 Å². The molecule has 0 bridgehead atoms. The number of amides is 1. The predicted octanol–water partition coefficient (Wildman–Crippen LogP) is 1.33. The number of nitro groups is 1. The van der Waals surface area contributed by atoms with Gasteiger partial charge >= 0.3 is 5.69 Å². The van der Waals surface area contributed by atoms with Crippen molar-refractivity contribution in [2.45, 2.75) is 5.75 Å². The Morgan fingerprint density at radius 3 is 2.81 bits per heavy atom. The number of ether oxygens (including phenoxy) is 1. The highest BCUT2D eigenvalue weighted by Crippen LogP contribution is 2.28. The number of hydrogen-bond donors (Lipinski definition) is 2. The van der Waals surface area contributed by atoms with Crippen LogP contribution in [0.2, 0.25) is 0 Å². The van der Waals surface area contributed by atoms with E-state index >= 15 is 0 Å². The molecule has 21 heavy (non-hydrogen) atoms. The largest absolute Gasteiger partial charge is 0.490 e. The molecule has 0 atom stereocenters. The first-order valence-corrected chi connectivity index (χ1v) is 7.09. The van der Waals surface area contributed by atoms with Crippen molar-refractivity contribution in [1.82, 2.24) is 5.32 Å². The van der Waals surface area contributed by atoms with Crippen molar-refractivity contribution in [2.75, 3.05) is 26.0 Å². The molecule has 0 radical (unpaired) electrons. The molecule has 0 heterocycles. The Labute approximate surface area is 133 Å². The Kier molecular flexibility index (Phi) is 9.51. The normalized spacial score (nSPS) is 9.62. The molecule has 0 unspecified atom stereocenters. The molecule has 0 spiro atoms. The van der Waals surface area contributed by atoms with E-state index in [2.05, 4.69) is 5.32 Å². The van der Waals surface area contributed by atoms with Gasteiger partial charge in [0.25, 0.3) is 0 Å². The first kappa shape index (κ1) is 19.5. The summed E-state index contributed by atoms with van der Waals surface area (Å²) in [5.41, 5.74) is 5.97. The van der Waals surface area contributed by atoms with Gasteiger partial charge in [0, 0.05) is 24.9 Å². The van der Waals surface area contributed by atoms with E-state index in [1.54, 1.807) is 12.1 Å². The zero-order chi connectivity index (χ0) is 15.0. The lowest BCUT2D eigenvalue weighted by Gasteiger charge is -2.05. The van der Waals surface area contributed by atoms with E-state index < -0.39 is 4.92 Å². The quantitative estimate of drug-likeness (QED) is 0.548. The van der Waals surface area contributed by atoms with Crippen molar-refractivity contribution in [3.8, 4) is 5.75 Å². The molecule has 0 aromatic heterocycles. The van der Waals surface area contributed by atoms with E-state index in [0.717, 1.165) is 5.56 Å². The zero-order valence-electron chi connectivity index (χ0n) is 11.5. The summed E-state index contributed by atoms with van der Waals surface area (Å²) in [6.45, 7) is 0.856. The molecule has 3 N–H and O–H groups in total. The maximum Gasteiger partial charge on any atom is 0.311 e. The third kappa shape index (κ3) is 6.65. The molecule has 1 rings (SSSR count). The molecule has 0 saturated carbocycles. The summed E-state index contributed by atoms with van der Waals surface area (Å²) in [6.07, 6.45) is 0. The molecule has 0 fully saturated rings. The van der Waals surface area contributed by atoms with Gasteiger partial charge in [0.15, 0.2) is 5.75 Å². The monoisotopic (exact) mass is 335 g/mol. The Bertz CT molecular complexity index is 488. The van der Waals surface area contributed by atoms with Crippen LogP contribution in [0.25, 0.3) is 0 Å². The number of nitrogens with zero attached hydrogens (tertiary/aromatic N) is 1. The highest BCUT2D eigenvalue weighted by atomic mass is 35.5.